The number of carbonyl (C=O) groups excluding carboxylic acids is 2. The SMILES string of the molecule is COC(=O)[C@H]1COC(C)(C)CC1=O. The van der Waals surface area contributed by atoms with Gasteiger partial charge in [-0.1, -0.05) is 0 Å². The Hall–Kier alpha value is -0.900. The van der Waals surface area contributed by atoms with Crippen molar-refractivity contribution >= 4 is 11.8 Å². The molecule has 4 nitrogen and oxygen atoms in total. The molecule has 13 heavy (non-hydrogen) atoms. The molecule has 0 aromatic carbocycles. The topological polar surface area (TPSA) is 52.6 Å². The van der Waals surface area contributed by atoms with Gasteiger partial charge in [0.05, 0.1) is 19.3 Å². The van der Waals surface area contributed by atoms with Crippen LogP contribution in [0.25, 0.3) is 0 Å². The zero-order chi connectivity index (χ0) is 10.1. The maximum absolute atomic E-state index is 11.4. The first-order valence-electron chi connectivity index (χ1n) is 4.21. The van der Waals surface area contributed by atoms with Crippen LogP contribution in [0.2, 0.25) is 0 Å². The van der Waals surface area contributed by atoms with Gasteiger partial charge in [0, 0.05) is 6.42 Å². The smallest absolute Gasteiger partial charge is 0.318 e. The number of hydrogen-bond acceptors (Lipinski definition) is 4. The molecule has 4 heteroatoms. The summed E-state index contributed by atoms with van der Waals surface area (Å²) in [5.41, 5.74) is -0.443. The van der Waals surface area contributed by atoms with Gasteiger partial charge >= 0.3 is 5.97 Å². The second-order valence-electron chi connectivity index (χ2n) is 3.79. The molecule has 1 saturated heterocycles. The Bertz CT molecular complexity index is 232. The molecule has 0 unspecified atom stereocenters. The number of rotatable bonds is 1. The molecule has 0 radical (unpaired) electrons. The molecule has 74 valence electrons. The summed E-state index contributed by atoms with van der Waals surface area (Å²) in [7, 11) is 1.27. The van der Waals surface area contributed by atoms with Gasteiger partial charge in [0.1, 0.15) is 5.92 Å². The van der Waals surface area contributed by atoms with Crippen LogP contribution >= 0.6 is 0 Å². The summed E-state index contributed by atoms with van der Waals surface area (Å²) in [4.78, 5) is 22.5. The highest BCUT2D eigenvalue weighted by Crippen LogP contribution is 2.25. The van der Waals surface area contributed by atoms with Gasteiger partial charge in [0.25, 0.3) is 0 Å². The molecule has 0 N–H and O–H groups in total. The van der Waals surface area contributed by atoms with E-state index >= 15 is 0 Å². The molecular formula is C9H14O4. The molecule has 0 amide bonds. The van der Waals surface area contributed by atoms with E-state index in [2.05, 4.69) is 4.74 Å². The van der Waals surface area contributed by atoms with Gasteiger partial charge in [-0.05, 0) is 13.8 Å². The van der Waals surface area contributed by atoms with Crippen molar-refractivity contribution in [3.05, 3.63) is 0 Å². The highest BCUT2D eigenvalue weighted by molar-refractivity contribution is 5.99. The molecule has 1 atom stereocenters. The van der Waals surface area contributed by atoms with E-state index in [1.165, 1.54) is 7.11 Å². The average Bonchev–Trinajstić information content (AvgIpc) is 2.01. The Morgan fingerprint density at radius 3 is 2.69 bits per heavy atom. The number of hydrogen-bond donors (Lipinski definition) is 0. The third-order valence-corrected chi connectivity index (χ3v) is 2.12. The van der Waals surface area contributed by atoms with Gasteiger partial charge < -0.3 is 9.47 Å². The normalized spacial score (nSPS) is 27.0. The predicted octanol–water partition coefficient (Wildman–Crippen LogP) is 0.544. The lowest BCUT2D eigenvalue weighted by atomic mass is 9.90. The minimum absolute atomic E-state index is 0.0944. The fourth-order valence-electron chi connectivity index (χ4n) is 1.34. The van der Waals surface area contributed by atoms with Gasteiger partial charge in [-0.2, -0.15) is 0 Å². The van der Waals surface area contributed by atoms with Crippen molar-refractivity contribution in [2.24, 2.45) is 5.92 Å². The van der Waals surface area contributed by atoms with Crippen molar-refractivity contribution in [1.29, 1.82) is 0 Å². The van der Waals surface area contributed by atoms with E-state index < -0.39 is 17.5 Å². The van der Waals surface area contributed by atoms with E-state index in [1.54, 1.807) is 0 Å². The van der Waals surface area contributed by atoms with E-state index in [4.69, 9.17) is 4.74 Å². The predicted molar refractivity (Wildman–Crippen MR) is 45.2 cm³/mol. The van der Waals surface area contributed by atoms with E-state index in [0.717, 1.165) is 0 Å². The number of ether oxygens (including phenoxy) is 2. The maximum atomic E-state index is 11.4. The highest BCUT2D eigenvalue weighted by Gasteiger charge is 2.38. The van der Waals surface area contributed by atoms with Crippen LogP contribution in [-0.2, 0) is 19.1 Å². The van der Waals surface area contributed by atoms with Gasteiger partial charge in [0.2, 0.25) is 0 Å². The zero-order valence-corrected chi connectivity index (χ0v) is 8.12. The molecule has 0 bridgehead atoms. The Morgan fingerprint density at radius 2 is 2.23 bits per heavy atom. The summed E-state index contributed by atoms with van der Waals surface area (Å²) in [6.07, 6.45) is 0.271. The van der Waals surface area contributed by atoms with Gasteiger partial charge in [-0.25, -0.2) is 0 Å². The molecule has 1 aliphatic rings. The lowest BCUT2D eigenvalue weighted by Gasteiger charge is -2.32. The molecule has 1 fully saturated rings. The van der Waals surface area contributed by atoms with E-state index in [1.807, 2.05) is 13.8 Å². The van der Waals surface area contributed by atoms with Crippen LogP contribution in [0.4, 0.5) is 0 Å². The Kier molecular flexibility index (Phi) is 2.71. The highest BCUT2D eigenvalue weighted by atomic mass is 16.5. The van der Waals surface area contributed by atoms with Crippen molar-refractivity contribution in [2.75, 3.05) is 13.7 Å². The van der Waals surface area contributed by atoms with Crippen LogP contribution in [0.15, 0.2) is 0 Å². The maximum Gasteiger partial charge on any atom is 0.318 e. The third-order valence-electron chi connectivity index (χ3n) is 2.12. The average molecular weight is 186 g/mol. The molecule has 1 heterocycles. The van der Waals surface area contributed by atoms with Crippen LogP contribution in [0, 0.1) is 5.92 Å². The van der Waals surface area contributed by atoms with Crippen molar-refractivity contribution in [3.8, 4) is 0 Å². The zero-order valence-electron chi connectivity index (χ0n) is 8.12. The Morgan fingerprint density at radius 1 is 1.62 bits per heavy atom. The standard InChI is InChI=1S/C9H14O4/c1-9(2)4-7(10)6(5-13-9)8(11)12-3/h6H,4-5H2,1-3H3/t6-/m0/s1. The number of Topliss-reactive ketones (excluding diaryl/α,β-unsaturated/α-hetero) is 1. The second kappa shape index (κ2) is 3.46. The largest absolute Gasteiger partial charge is 0.468 e. The molecule has 0 aromatic heterocycles. The molecule has 0 saturated carbocycles. The van der Waals surface area contributed by atoms with Crippen LogP contribution in [0.5, 0.6) is 0 Å². The van der Waals surface area contributed by atoms with Gasteiger partial charge in [-0.15, -0.1) is 0 Å². The number of ketones is 1. The second-order valence-corrected chi connectivity index (χ2v) is 3.79. The molecule has 0 aromatic rings. The van der Waals surface area contributed by atoms with E-state index in [-0.39, 0.29) is 18.8 Å². The number of esters is 1. The first kappa shape index (κ1) is 10.2. The summed E-state index contributed by atoms with van der Waals surface area (Å²) in [5, 5.41) is 0. The number of carbonyl (C=O) groups is 2. The minimum atomic E-state index is -0.724. The lowest BCUT2D eigenvalue weighted by molar-refractivity contribution is -0.163. The Labute approximate surface area is 77.2 Å². The molecule has 0 spiro atoms. The van der Waals surface area contributed by atoms with Crippen LogP contribution in [0.1, 0.15) is 20.3 Å². The van der Waals surface area contributed by atoms with Crippen molar-refractivity contribution in [2.45, 2.75) is 25.9 Å². The fraction of sp³-hybridized carbons (Fsp3) is 0.778. The molecule has 0 aliphatic carbocycles. The quantitative estimate of drug-likeness (QED) is 0.443. The van der Waals surface area contributed by atoms with Crippen molar-refractivity contribution < 1.29 is 19.1 Å². The summed E-state index contributed by atoms with van der Waals surface area (Å²) in [5.74, 6) is -1.32. The lowest BCUT2D eigenvalue weighted by Crippen LogP contribution is -2.43. The van der Waals surface area contributed by atoms with Crippen LogP contribution in [0.3, 0.4) is 0 Å². The minimum Gasteiger partial charge on any atom is -0.468 e. The van der Waals surface area contributed by atoms with Gasteiger partial charge in [0.15, 0.2) is 5.78 Å². The fourth-order valence-corrected chi connectivity index (χ4v) is 1.34. The van der Waals surface area contributed by atoms with Crippen LogP contribution in [-0.4, -0.2) is 31.1 Å². The summed E-state index contributed by atoms with van der Waals surface area (Å²) in [6.45, 7) is 3.80. The Balaban J connectivity index is 2.64. The van der Waals surface area contributed by atoms with Crippen molar-refractivity contribution in [3.63, 3.8) is 0 Å². The molecule has 1 aliphatic heterocycles. The molecular weight excluding hydrogens is 172 g/mol. The van der Waals surface area contributed by atoms with E-state index in [9.17, 15) is 9.59 Å². The summed E-state index contributed by atoms with van der Waals surface area (Å²) in [6, 6.07) is 0. The first-order valence-corrected chi connectivity index (χ1v) is 4.21. The van der Waals surface area contributed by atoms with Crippen LogP contribution < -0.4 is 0 Å². The monoisotopic (exact) mass is 186 g/mol. The van der Waals surface area contributed by atoms with E-state index in [0.29, 0.717) is 0 Å². The summed E-state index contributed by atoms with van der Waals surface area (Å²) >= 11 is 0. The van der Waals surface area contributed by atoms with Gasteiger partial charge in [-0.3, -0.25) is 9.59 Å². The first-order chi connectivity index (χ1) is 5.96. The van der Waals surface area contributed by atoms with Crippen molar-refractivity contribution in [1.82, 2.24) is 0 Å². The molecule has 1 rings (SSSR count). The number of methoxy groups -OCH3 is 1. The third kappa shape index (κ3) is 2.28. The summed E-state index contributed by atoms with van der Waals surface area (Å²) < 4.78 is 9.84.